The largest absolute Gasteiger partial charge is 0.481 e. The molecule has 0 unspecified atom stereocenters. The maximum atomic E-state index is 12.8. The number of aliphatic carboxylic acids is 1. The minimum absolute atomic E-state index is 0.0772. The Kier molecular flexibility index (Phi) is 8.17. The van der Waals surface area contributed by atoms with Gasteiger partial charge in [-0.3, -0.25) is 9.52 Å². The van der Waals surface area contributed by atoms with E-state index in [9.17, 15) is 13.2 Å². The van der Waals surface area contributed by atoms with E-state index in [1.54, 1.807) is 0 Å². The fourth-order valence-corrected chi connectivity index (χ4v) is 5.96. The third-order valence-electron chi connectivity index (χ3n) is 6.08. The number of unbranched alkanes of at least 4 members (excludes halogenated alkanes) is 1. The molecule has 0 radical (unpaired) electrons. The van der Waals surface area contributed by atoms with Gasteiger partial charge in [0.2, 0.25) is 10.0 Å². The number of carboxylic acid groups (broad SMARTS) is 1. The van der Waals surface area contributed by atoms with Gasteiger partial charge in [0, 0.05) is 16.6 Å². The number of sulfonamides is 1. The van der Waals surface area contributed by atoms with Crippen molar-refractivity contribution in [2.45, 2.75) is 57.8 Å². The minimum Gasteiger partial charge on any atom is -0.481 e. The second-order valence-electron chi connectivity index (χ2n) is 8.25. The van der Waals surface area contributed by atoms with Crippen molar-refractivity contribution in [3.05, 3.63) is 57.7 Å². The summed E-state index contributed by atoms with van der Waals surface area (Å²) in [6, 6.07) is 7.75. The van der Waals surface area contributed by atoms with Crippen molar-refractivity contribution in [3.8, 4) is 0 Å². The van der Waals surface area contributed by atoms with E-state index in [0.29, 0.717) is 24.7 Å². The van der Waals surface area contributed by atoms with Gasteiger partial charge in [-0.1, -0.05) is 40.2 Å². The summed E-state index contributed by atoms with van der Waals surface area (Å²) in [6.07, 6.45) is 11.3. The normalized spacial score (nSPS) is 21.4. The first kappa shape index (κ1) is 23.1. The monoisotopic (exact) mass is 495 g/mol. The van der Waals surface area contributed by atoms with Crippen LogP contribution in [0.3, 0.4) is 0 Å². The number of fused-ring (bicyclic) bond motifs is 2. The van der Waals surface area contributed by atoms with Crippen LogP contribution in [0.25, 0.3) is 0 Å². The molecule has 0 aromatic heterocycles. The van der Waals surface area contributed by atoms with Gasteiger partial charge in [0.1, 0.15) is 0 Å². The van der Waals surface area contributed by atoms with Gasteiger partial charge in [0.25, 0.3) is 0 Å². The number of hydrogen-bond acceptors (Lipinski definition) is 3. The van der Waals surface area contributed by atoms with Gasteiger partial charge in [0.15, 0.2) is 0 Å². The van der Waals surface area contributed by atoms with E-state index in [4.69, 9.17) is 5.11 Å². The molecule has 0 saturated heterocycles. The summed E-state index contributed by atoms with van der Waals surface area (Å²) in [7, 11) is -3.40. The number of aryl methyl sites for hydroxylation is 1. The molecule has 1 fully saturated rings. The van der Waals surface area contributed by atoms with E-state index in [1.165, 1.54) is 5.57 Å². The first-order valence-corrected chi connectivity index (χ1v) is 13.1. The molecule has 0 aliphatic heterocycles. The van der Waals surface area contributed by atoms with Crippen LogP contribution < -0.4 is 4.72 Å². The molecule has 2 N–H and O–H groups in total. The van der Waals surface area contributed by atoms with Crippen molar-refractivity contribution in [3.63, 3.8) is 0 Å². The Morgan fingerprint density at radius 1 is 1.10 bits per heavy atom. The summed E-state index contributed by atoms with van der Waals surface area (Å²) in [4.78, 5) is 10.6. The van der Waals surface area contributed by atoms with Gasteiger partial charge in [-0.15, -0.1) is 0 Å². The fraction of sp³-hybridized carbons (Fsp3) is 0.522. The Bertz CT molecular complexity index is 898. The topological polar surface area (TPSA) is 83.5 Å². The molecular formula is C23H30BrNO4S. The average Bonchev–Trinajstić information content (AvgIpc) is 2.71. The summed E-state index contributed by atoms with van der Waals surface area (Å²) in [5.41, 5.74) is 3.18. The second kappa shape index (κ2) is 10.6. The Labute approximate surface area is 187 Å². The molecule has 3 aliphatic carbocycles. The molecule has 0 heterocycles. The van der Waals surface area contributed by atoms with Crippen molar-refractivity contribution in [2.75, 3.05) is 5.75 Å². The first-order valence-electron chi connectivity index (χ1n) is 10.7. The molecule has 2 bridgehead atoms. The molecule has 4 rings (SSSR count). The van der Waals surface area contributed by atoms with Crippen LogP contribution in [0.5, 0.6) is 0 Å². The van der Waals surface area contributed by atoms with Gasteiger partial charge in [-0.2, -0.15) is 0 Å². The molecule has 0 amide bonds. The van der Waals surface area contributed by atoms with E-state index >= 15 is 0 Å². The zero-order valence-corrected chi connectivity index (χ0v) is 19.6. The molecule has 1 aromatic carbocycles. The number of allylic oxidation sites excluding steroid dienone is 4. The van der Waals surface area contributed by atoms with Crippen molar-refractivity contribution in [1.29, 1.82) is 0 Å². The highest BCUT2D eigenvalue weighted by atomic mass is 79.9. The minimum atomic E-state index is -3.40. The van der Waals surface area contributed by atoms with E-state index < -0.39 is 16.0 Å². The number of benzene rings is 1. The van der Waals surface area contributed by atoms with E-state index in [1.807, 2.05) is 30.3 Å². The quantitative estimate of drug-likeness (QED) is 0.327. The molecule has 0 spiro atoms. The fourth-order valence-electron chi connectivity index (χ4n) is 4.46. The van der Waals surface area contributed by atoms with Gasteiger partial charge in [-0.25, -0.2) is 8.42 Å². The lowest BCUT2D eigenvalue weighted by molar-refractivity contribution is -0.137. The Morgan fingerprint density at radius 3 is 2.43 bits per heavy atom. The molecule has 164 valence electrons. The highest BCUT2D eigenvalue weighted by Gasteiger charge is 2.36. The van der Waals surface area contributed by atoms with Gasteiger partial charge in [-0.05, 0) is 86.5 Å². The van der Waals surface area contributed by atoms with Crippen LogP contribution in [0.15, 0.2) is 52.2 Å². The van der Waals surface area contributed by atoms with E-state index in [2.05, 4.69) is 26.7 Å². The lowest BCUT2D eigenvalue weighted by Gasteiger charge is -2.40. The summed E-state index contributed by atoms with van der Waals surface area (Å²) < 4.78 is 29.6. The summed E-state index contributed by atoms with van der Waals surface area (Å²) in [6.45, 7) is 0. The number of halogens is 1. The van der Waals surface area contributed by atoms with Gasteiger partial charge in [0.05, 0.1) is 5.75 Å². The van der Waals surface area contributed by atoms with Crippen LogP contribution in [-0.2, 0) is 21.2 Å². The molecule has 3 aliphatic rings. The van der Waals surface area contributed by atoms with Crippen LogP contribution in [0.1, 0.15) is 56.9 Å². The number of carbonyl (C=O) groups is 1. The van der Waals surface area contributed by atoms with Crippen molar-refractivity contribution in [1.82, 2.24) is 4.72 Å². The Hall–Kier alpha value is -1.60. The van der Waals surface area contributed by atoms with Crippen LogP contribution in [0, 0.1) is 11.8 Å². The van der Waals surface area contributed by atoms with Crippen molar-refractivity contribution < 1.29 is 18.3 Å². The van der Waals surface area contributed by atoms with Gasteiger partial charge >= 0.3 is 5.97 Å². The SMILES string of the molecule is O=C(O)CCCC=CCC1=C(NS(=O)(=O)CCc2ccc(Br)cc2)C2CCC1CC2. The number of carboxylic acids is 1. The van der Waals surface area contributed by atoms with Crippen LogP contribution in [-0.4, -0.2) is 25.2 Å². The highest BCUT2D eigenvalue weighted by molar-refractivity contribution is 9.10. The van der Waals surface area contributed by atoms with Crippen LogP contribution >= 0.6 is 15.9 Å². The number of nitrogens with one attached hydrogen (secondary N) is 1. The Morgan fingerprint density at radius 2 is 1.77 bits per heavy atom. The van der Waals surface area contributed by atoms with Crippen LogP contribution in [0.2, 0.25) is 0 Å². The Balaban J connectivity index is 1.63. The summed E-state index contributed by atoms with van der Waals surface area (Å²) >= 11 is 3.40. The number of hydrogen-bond donors (Lipinski definition) is 2. The predicted octanol–water partition coefficient (Wildman–Crippen LogP) is 5.19. The maximum Gasteiger partial charge on any atom is 0.303 e. The van der Waals surface area contributed by atoms with E-state index in [0.717, 1.165) is 54.3 Å². The van der Waals surface area contributed by atoms with Crippen LogP contribution in [0.4, 0.5) is 0 Å². The molecule has 7 heteroatoms. The smallest absolute Gasteiger partial charge is 0.303 e. The standard InChI is InChI=1S/C23H30BrNO4S/c24-20-13-7-17(8-14-20)15-16-30(28,29)25-23-19-11-9-18(10-12-19)21(23)5-3-1-2-4-6-22(26)27/h1,3,7-8,13-14,18-19,25H,2,4-6,9-12,15-16H2,(H,26,27). The second-order valence-corrected chi connectivity index (χ2v) is 11.0. The third-order valence-corrected chi connectivity index (χ3v) is 7.88. The highest BCUT2D eigenvalue weighted by Crippen LogP contribution is 2.45. The molecule has 1 saturated carbocycles. The lowest BCUT2D eigenvalue weighted by atomic mass is 9.69. The molecule has 1 aromatic rings. The predicted molar refractivity (Wildman–Crippen MR) is 122 cm³/mol. The average molecular weight is 496 g/mol. The van der Waals surface area contributed by atoms with Gasteiger partial charge < -0.3 is 5.11 Å². The zero-order valence-electron chi connectivity index (χ0n) is 17.1. The molecule has 30 heavy (non-hydrogen) atoms. The summed E-state index contributed by atoms with van der Waals surface area (Å²) in [5.74, 6) is 0.0830. The molecule has 0 atom stereocenters. The zero-order chi connectivity index (χ0) is 21.6. The maximum absolute atomic E-state index is 12.8. The molecular weight excluding hydrogens is 466 g/mol. The first-order chi connectivity index (χ1) is 14.3. The van der Waals surface area contributed by atoms with Crippen molar-refractivity contribution in [2.24, 2.45) is 11.8 Å². The molecule has 5 nitrogen and oxygen atoms in total. The summed E-state index contributed by atoms with van der Waals surface area (Å²) in [5, 5.41) is 8.72. The van der Waals surface area contributed by atoms with E-state index in [-0.39, 0.29) is 12.2 Å². The lowest BCUT2D eigenvalue weighted by Crippen LogP contribution is -2.37. The third kappa shape index (κ3) is 6.71. The number of rotatable bonds is 11. The van der Waals surface area contributed by atoms with Crippen molar-refractivity contribution >= 4 is 31.9 Å².